The fourth-order valence-corrected chi connectivity index (χ4v) is 4.39. The van der Waals surface area contributed by atoms with Gasteiger partial charge in [-0.1, -0.05) is 6.42 Å². The molecular weight excluding hydrogens is 553 g/mol. The number of hydrogen-bond donors (Lipinski definition) is 2. The highest BCUT2D eigenvalue weighted by molar-refractivity contribution is 7.85. The lowest BCUT2D eigenvalue weighted by Crippen LogP contribution is -2.29. The maximum Gasteiger partial charge on any atom is 0.261 e. The van der Waals surface area contributed by atoms with E-state index in [2.05, 4.69) is 21.7 Å². The predicted molar refractivity (Wildman–Crippen MR) is 146 cm³/mol. The number of aromatic nitrogens is 1. The van der Waals surface area contributed by atoms with E-state index in [1.54, 1.807) is 18.4 Å². The van der Waals surface area contributed by atoms with Gasteiger partial charge in [0.25, 0.3) is 20.2 Å². The quantitative estimate of drug-likeness (QED) is 0.340. The lowest BCUT2D eigenvalue weighted by molar-refractivity contribution is 0.218. The van der Waals surface area contributed by atoms with Crippen LogP contribution in [0, 0.1) is 5.82 Å². The fraction of sp³-hybridized carbons (Fsp3) is 0.640. The molecule has 0 radical (unpaired) electrons. The normalized spacial score (nSPS) is 18.6. The van der Waals surface area contributed by atoms with Crippen LogP contribution in [0.5, 0.6) is 5.75 Å². The predicted octanol–water partition coefficient (Wildman–Crippen LogP) is 3.73. The summed E-state index contributed by atoms with van der Waals surface area (Å²) in [5.41, 5.74) is 1.24. The van der Waals surface area contributed by atoms with Crippen LogP contribution in [0.3, 0.4) is 0 Å². The molecule has 2 fully saturated rings. The molecule has 3 heterocycles. The third-order valence-corrected chi connectivity index (χ3v) is 6.11. The van der Waals surface area contributed by atoms with Gasteiger partial charge in [0, 0.05) is 25.2 Å². The lowest BCUT2D eigenvalue weighted by atomic mass is 10.1. The number of halogens is 1. The molecule has 1 atom stereocenters. The van der Waals surface area contributed by atoms with Crippen molar-refractivity contribution in [2.24, 2.45) is 0 Å². The Morgan fingerprint density at radius 1 is 1.05 bits per heavy atom. The third-order valence-electron chi connectivity index (χ3n) is 6.11. The van der Waals surface area contributed by atoms with E-state index in [-0.39, 0.29) is 5.82 Å². The molecular formula is C25H40FN3O8S2. The first-order chi connectivity index (χ1) is 18.2. The zero-order valence-electron chi connectivity index (χ0n) is 22.8. The fourth-order valence-electron chi connectivity index (χ4n) is 4.39. The summed E-state index contributed by atoms with van der Waals surface area (Å²) < 4.78 is 77.7. The Bertz CT molecular complexity index is 1190. The van der Waals surface area contributed by atoms with E-state index < -0.39 is 20.2 Å². The summed E-state index contributed by atoms with van der Waals surface area (Å²) in [7, 11) is -7.33. The molecule has 222 valence electrons. The third kappa shape index (κ3) is 14.7. The van der Waals surface area contributed by atoms with Crippen LogP contribution >= 0.6 is 0 Å². The number of likely N-dealkylation sites (tertiary alicyclic amines) is 2. The van der Waals surface area contributed by atoms with E-state index in [1.165, 1.54) is 44.7 Å². The number of oxazole rings is 1. The van der Waals surface area contributed by atoms with Gasteiger partial charge in [-0.25, -0.2) is 9.37 Å². The molecule has 0 amide bonds. The van der Waals surface area contributed by atoms with E-state index in [4.69, 9.17) is 18.3 Å². The molecule has 14 heteroatoms. The zero-order valence-corrected chi connectivity index (χ0v) is 24.4. The first kappa shape index (κ1) is 33.1. The minimum atomic E-state index is -3.67. The smallest absolute Gasteiger partial charge is 0.261 e. The van der Waals surface area contributed by atoms with Gasteiger partial charge in [0.1, 0.15) is 17.8 Å². The number of piperidine rings is 1. The number of rotatable bonds is 8. The van der Waals surface area contributed by atoms with Crippen LogP contribution in [0.15, 0.2) is 28.9 Å². The molecule has 2 aliphatic rings. The van der Waals surface area contributed by atoms with Gasteiger partial charge in [-0.05, 0) is 70.8 Å². The molecule has 1 aromatic carbocycles. The van der Waals surface area contributed by atoms with Crippen molar-refractivity contribution >= 4 is 20.2 Å². The van der Waals surface area contributed by atoms with Crippen LogP contribution in [-0.2, 0) is 26.8 Å². The Kier molecular flexibility index (Phi) is 13.3. The highest BCUT2D eigenvalue weighted by Crippen LogP contribution is 2.26. The summed E-state index contributed by atoms with van der Waals surface area (Å²) in [4.78, 5) is 9.37. The summed E-state index contributed by atoms with van der Waals surface area (Å²) in [5.74, 6) is 0.534. The number of hydrogen-bond acceptors (Lipinski definition) is 9. The lowest BCUT2D eigenvalue weighted by Gasteiger charge is -2.25. The summed E-state index contributed by atoms with van der Waals surface area (Å²) in [6.45, 7) is 8.06. The van der Waals surface area contributed by atoms with Crippen molar-refractivity contribution in [1.82, 2.24) is 14.8 Å². The van der Waals surface area contributed by atoms with Crippen molar-refractivity contribution in [2.45, 2.75) is 58.0 Å². The van der Waals surface area contributed by atoms with E-state index in [0.717, 1.165) is 38.3 Å². The SMILES string of the molecule is CC1CCCN1CCCOc1ccc(-c2nc(CN3CCCCC3)co2)c(F)c1.CS(=O)(=O)O.CS(=O)(=O)O. The van der Waals surface area contributed by atoms with Crippen LogP contribution in [0.4, 0.5) is 4.39 Å². The molecule has 0 bridgehead atoms. The molecule has 0 aliphatic carbocycles. The second kappa shape index (κ2) is 15.6. The van der Waals surface area contributed by atoms with Gasteiger partial charge in [0.05, 0.1) is 30.4 Å². The number of ether oxygens (including phenoxy) is 1. The first-order valence-electron chi connectivity index (χ1n) is 12.9. The Balaban J connectivity index is 0.000000458. The second-order valence-corrected chi connectivity index (χ2v) is 12.7. The molecule has 4 rings (SSSR count). The van der Waals surface area contributed by atoms with Crippen molar-refractivity contribution in [2.75, 3.05) is 45.3 Å². The van der Waals surface area contributed by atoms with Gasteiger partial charge >= 0.3 is 0 Å². The van der Waals surface area contributed by atoms with Crippen LogP contribution < -0.4 is 4.74 Å². The van der Waals surface area contributed by atoms with Crippen molar-refractivity contribution < 1.29 is 39.5 Å². The average Bonchev–Trinajstić information content (AvgIpc) is 3.44. The largest absolute Gasteiger partial charge is 0.493 e. The van der Waals surface area contributed by atoms with E-state index >= 15 is 0 Å². The van der Waals surface area contributed by atoms with Crippen molar-refractivity contribution in [3.05, 3.63) is 36.0 Å². The first-order valence-corrected chi connectivity index (χ1v) is 16.6. The second-order valence-electron chi connectivity index (χ2n) is 9.82. The highest BCUT2D eigenvalue weighted by atomic mass is 32.2. The van der Waals surface area contributed by atoms with E-state index in [9.17, 15) is 21.2 Å². The highest BCUT2D eigenvalue weighted by Gasteiger charge is 2.19. The standard InChI is InChI=1S/C23H32FN3O2.2CH4O3S/c1-18-7-5-12-27(18)13-6-14-28-20-8-9-21(22(24)15-20)23-25-19(17-29-23)16-26-10-3-2-4-11-26;2*1-5(2,3)4/h8-9,15,17-18H,2-7,10-14,16H2,1H3;2*1H3,(H,2,3,4). The minimum Gasteiger partial charge on any atom is -0.493 e. The Morgan fingerprint density at radius 3 is 2.26 bits per heavy atom. The number of nitrogens with zero attached hydrogens (tertiary/aromatic N) is 3. The van der Waals surface area contributed by atoms with Gasteiger partial charge in [-0.2, -0.15) is 16.8 Å². The zero-order chi connectivity index (χ0) is 29.1. The van der Waals surface area contributed by atoms with Gasteiger partial charge in [-0.15, -0.1) is 0 Å². The molecule has 2 N–H and O–H groups in total. The molecule has 11 nitrogen and oxygen atoms in total. The van der Waals surface area contributed by atoms with Crippen LogP contribution in [-0.4, -0.2) is 92.1 Å². The molecule has 2 saturated heterocycles. The Labute approximate surface area is 230 Å². The average molecular weight is 594 g/mol. The molecule has 1 aromatic heterocycles. The molecule has 2 aliphatic heterocycles. The molecule has 2 aromatic rings. The monoisotopic (exact) mass is 593 g/mol. The van der Waals surface area contributed by atoms with Crippen LogP contribution in [0.2, 0.25) is 0 Å². The summed E-state index contributed by atoms with van der Waals surface area (Å²) >= 11 is 0. The summed E-state index contributed by atoms with van der Waals surface area (Å²) in [6.07, 6.45) is 10.4. The molecule has 0 saturated carbocycles. The molecule has 1 unspecified atom stereocenters. The van der Waals surface area contributed by atoms with Crippen molar-refractivity contribution in [3.8, 4) is 17.2 Å². The van der Waals surface area contributed by atoms with E-state index in [0.29, 0.717) is 42.4 Å². The van der Waals surface area contributed by atoms with Crippen molar-refractivity contribution in [3.63, 3.8) is 0 Å². The van der Waals surface area contributed by atoms with E-state index in [1.807, 2.05) is 0 Å². The van der Waals surface area contributed by atoms with Gasteiger partial charge in [-0.3, -0.25) is 14.0 Å². The maximum absolute atomic E-state index is 14.6. The van der Waals surface area contributed by atoms with Crippen molar-refractivity contribution in [1.29, 1.82) is 0 Å². The van der Waals surface area contributed by atoms with Gasteiger partial charge < -0.3 is 14.1 Å². The van der Waals surface area contributed by atoms with Crippen LogP contribution in [0.1, 0.15) is 51.1 Å². The van der Waals surface area contributed by atoms with Gasteiger partial charge in [0.15, 0.2) is 0 Å². The number of benzene rings is 1. The maximum atomic E-state index is 14.6. The summed E-state index contributed by atoms with van der Waals surface area (Å²) in [6, 6.07) is 5.60. The minimum absolute atomic E-state index is 0.337. The Morgan fingerprint density at radius 2 is 1.69 bits per heavy atom. The molecule has 0 spiro atoms. The molecule has 39 heavy (non-hydrogen) atoms. The Hall–Kier alpha value is -2.10. The topological polar surface area (TPSA) is 150 Å². The van der Waals surface area contributed by atoms with Crippen LogP contribution in [0.25, 0.3) is 11.5 Å². The van der Waals surface area contributed by atoms with Gasteiger partial charge in [0.2, 0.25) is 5.89 Å². The summed E-state index contributed by atoms with van der Waals surface area (Å²) in [5, 5.41) is 0.